The van der Waals surface area contributed by atoms with Crippen molar-refractivity contribution >= 4 is 0 Å². The number of nitrogens with one attached hydrogen (secondary N) is 1. The van der Waals surface area contributed by atoms with Gasteiger partial charge in [0, 0.05) is 31.8 Å². The summed E-state index contributed by atoms with van der Waals surface area (Å²) in [7, 11) is 3.76. The van der Waals surface area contributed by atoms with E-state index in [1.807, 2.05) is 7.05 Å². The number of nitrogens with zero attached hydrogens (tertiary/aromatic N) is 1. The molecular weight excluding hydrogens is 176 g/mol. The summed E-state index contributed by atoms with van der Waals surface area (Å²) in [4.78, 5) is 2.43. The molecule has 0 radical (unpaired) electrons. The fourth-order valence-electron chi connectivity index (χ4n) is 1.32. The lowest BCUT2D eigenvalue weighted by Gasteiger charge is -2.34. The molecule has 0 saturated heterocycles. The fraction of sp³-hybridized carbons (Fsp3) is 1.00. The van der Waals surface area contributed by atoms with E-state index in [2.05, 4.69) is 37.9 Å². The van der Waals surface area contributed by atoms with Crippen molar-refractivity contribution in [3.05, 3.63) is 0 Å². The Morgan fingerprint density at radius 2 is 1.93 bits per heavy atom. The molecule has 0 aliphatic carbocycles. The van der Waals surface area contributed by atoms with E-state index in [9.17, 15) is 0 Å². The minimum atomic E-state index is 0.165. The standard InChI is InChI=1S/C11H26N2O/c1-10(2)13(7-8-14-6)9-11(3,4)12-5/h10,12H,7-9H2,1-6H3. The molecule has 0 unspecified atom stereocenters. The minimum Gasteiger partial charge on any atom is -0.383 e. The van der Waals surface area contributed by atoms with Gasteiger partial charge in [-0.25, -0.2) is 0 Å². The van der Waals surface area contributed by atoms with Gasteiger partial charge in [0.1, 0.15) is 0 Å². The zero-order valence-electron chi connectivity index (χ0n) is 10.6. The van der Waals surface area contributed by atoms with E-state index >= 15 is 0 Å². The van der Waals surface area contributed by atoms with Crippen molar-refractivity contribution in [2.75, 3.05) is 33.9 Å². The first-order valence-electron chi connectivity index (χ1n) is 5.35. The second-order valence-electron chi connectivity index (χ2n) is 4.69. The van der Waals surface area contributed by atoms with Gasteiger partial charge in [0.2, 0.25) is 0 Å². The normalized spacial score (nSPS) is 12.9. The first kappa shape index (κ1) is 13.9. The van der Waals surface area contributed by atoms with Crippen molar-refractivity contribution in [3.8, 4) is 0 Å². The van der Waals surface area contributed by atoms with E-state index in [0.717, 1.165) is 19.7 Å². The van der Waals surface area contributed by atoms with E-state index < -0.39 is 0 Å². The minimum absolute atomic E-state index is 0.165. The highest BCUT2D eigenvalue weighted by molar-refractivity contribution is 4.81. The largest absolute Gasteiger partial charge is 0.383 e. The summed E-state index contributed by atoms with van der Waals surface area (Å²) in [6.45, 7) is 11.7. The van der Waals surface area contributed by atoms with Gasteiger partial charge in [-0.05, 0) is 34.7 Å². The first-order valence-corrected chi connectivity index (χ1v) is 5.35. The van der Waals surface area contributed by atoms with Crippen molar-refractivity contribution in [2.24, 2.45) is 0 Å². The van der Waals surface area contributed by atoms with Crippen molar-refractivity contribution in [1.82, 2.24) is 10.2 Å². The average molecular weight is 202 g/mol. The Kier molecular flexibility index (Phi) is 6.33. The van der Waals surface area contributed by atoms with Crippen LogP contribution in [-0.4, -0.2) is 50.3 Å². The summed E-state index contributed by atoms with van der Waals surface area (Å²) >= 11 is 0. The van der Waals surface area contributed by atoms with E-state index in [1.165, 1.54) is 0 Å². The van der Waals surface area contributed by atoms with Crippen LogP contribution in [0.5, 0.6) is 0 Å². The van der Waals surface area contributed by atoms with Crippen LogP contribution in [0.25, 0.3) is 0 Å². The summed E-state index contributed by atoms with van der Waals surface area (Å²) in [6.07, 6.45) is 0. The number of hydrogen-bond donors (Lipinski definition) is 1. The molecule has 0 rings (SSSR count). The highest BCUT2D eigenvalue weighted by atomic mass is 16.5. The van der Waals surface area contributed by atoms with Crippen LogP contribution in [0.4, 0.5) is 0 Å². The van der Waals surface area contributed by atoms with Gasteiger partial charge >= 0.3 is 0 Å². The van der Waals surface area contributed by atoms with Gasteiger partial charge in [0.25, 0.3) is 0 Å². The molecule has 1 N–H and O–H groups in total. The second kappa shape index (κ2) is 6.38. The predicted molar refractivity (Wildman–Crippen MR) is 61.7 cm³/mol. The summed E-state index contributed by atoms with van der Waals surface area (Å²) in [5.74, 6) is 0. The SMILES string of the molecule is CNC(C)(C)CN(CCOC)C(C)C. The molecule has 0 aromatic carbocycles. The Morgan fingerprint density at radius 1 is 1.36 bits per heavy atom. The average Bonchev–Trinajstić information content (AvgIpc) is 2.12. The molecule has 14 heavy (non-hydrogen) atoms. The number of ether oxygens (including phenoxy) is 1. The van der Waals surface area contributed by atoms with E-state index in [4.69, 9.17) is 4.74 Å². The lowest BCUT2D eigenvalue weighted by molar-refractivity contribution is 0.109. The molecule has 0 spiro atoms. The molecule has 0 saturated carbocycles. The van der Waals surface area contributed by atoms with Crippen molar-refractivity contribution in [2.45, 2.75) is 39.3 Å². The quantitative estimate of drug-likeness (QED) is 0.674. The van der Waals surface area contributed by atoms with Gasteiger partial charge in [0.15, 0.2) is 0 Å². The Bertz CT molecular complexity index is 146. The highest BCUT2D eigenvalue weighted by Gasteiger charge is 2.20. The van der Waals surface area contributed by atoms with Crippen LogP contribution in [0, 0.1) is 0 Å². The van der Waals surface area contributed by atoms with Crippen molar-refractivity contribution in [1.29, 1.82) is 0 Å². The predicted octanol–water partition coefficient (Wildman–Crippen LogP) is 1.34. The second-order valence-corrected chi connectivity index (χ2v) is 4.69. The Labute approximate surface area is 88.8 Å². The molecule has 3 heteroatoms. The maximum Gasteiger partial charge on any atom is 0.0589 e. The zero-order chi connectivity index (χ0) is 11.2. The topological polar surface area (TPSA) is 24.5 Å². The Morgan fingerprint density at radius 3 is 2.29 bits per heavy atom. The van der Waals surface area contributed by atoms with Gasteiger partial charge < -0.3 is 10.1 Å². The molecule has 0 aromatic heterocycles. The van der Waals surface area contributed by atoms with Crippen LogP contribution in [0.2, 0.25) is 0 Å². The van der Waals surface area contributed by atoms with Gasteiger partial charge in [-0.3, -0.25) is 4.90 Å². The molecule has 0 aromatic rings. The maximum atomic E-state index is 5.11. The van der Waals surface area contributed by atoms with Gasteiger partial charge in [-0.2, -0.15) is 0 Å². The smallest absolute Gasteiger partial charge is 0.0589 e. The highest BCUT2D eigenvalue weighted by Crippen LogP contribution is 2.07. The zero-order valence-corrected chi connectivity index (χ0v) is 10.6. The Hall–Kier alpha value is -0.120. The van der Waals surface area contributed by atoms with Crippen LogP contribution >= 0.6 is 0 Å². The maximum absolute atomic E-state index is 5.11. The molecule has 86 valence electrons. The molecule has 0 heterocycles. The van der Waals surface area contributed by atoms with E-state index in [1.54, 1.807) is 7.11 Å². The molecule has 0 bridgehead atoms. The molecule has 0 atom stereocenters. The third-order valence-electron chi connectivity index (χ3n) is 2.59. The van der Waals surface area contributed by atoms with Crippen LogP contribution < -0.4 is 5.32 Å². The van der Waals surface area contributed by atoms with Crippen LogP contribution in [0.15, 0.2) is 0 Å². The molecule has 0 aliphatic rings. The summed E-state index contributed by atoms with van der Waals surface area (Å²) in [5.41, 5.74) is 0.165. The van der Waals surface area contributed by atoms with Gasteiger partial charge in [-0.15, -0.1) is 0 Å². The van der Waals surface area contributed by atoms with E-state index in [-0.39, 0.29) is 5.54 Å². The third kappa shape index (κ3) is 5.58. The molecule has 0 aliphatic heterocycles. The van der Waals surface area contributed by atoms with Crippen LogP contribution in [0.1, 0.15) is 27.7 Å². The fourth-order valence-corrected chi connectivity index (χ4v) is 1.32. The van der Waals surface area contributed by atoms with Crippen molar-refractivity contribution < 1.29 is 4.74 Å². The van der Waals surface area contributed by atoms with Gasteiger partial charge in [-0.1, -0.05) is 0 Å². The lowest BCUT2D eigenvalue weighted by atomic mass is 10.0. The molecule has 0 fully saturated rings. The number of methoxy groups -OCH3 is 1. The van der Waals surface area contributed by atoms with Crippen molar-refractivity contribution in [3.63, 3.8) is 0 Å². The first-order chi connectivity index (χ1) is 6.43. The molecule has 3 nitrogen and oxygen atoms in total. The number of hydrogen-bond acceptors (Lipinski definition) is 3. The number of rotatable bonds is 7. The Balaban J connectivity index is 4.08. The van der Waals surface area contributed by atoms with E-state index in [0.29, 0.717) is 6.04 Å². The summed E-state index contributed by atoms with van der Waals surface area (Å²) in [5, 5.41) is 3.32. The van der Waals surface area contributed by atoms with Gasteiger partial charge in [0.05, 0.1) is 6.61 Å². The third-order valence-corrected chi connectivity index (χ3v) is 2.59. The van der Waals surface area contributed by atoms with Crippen LogP contribution in [-0.2, 0) is 4.74 Å². The molecule has 0 amide bonds. The lowest BCUT2D eigenvalue weighted by Crippen LogP contribution is -2.50. The monoisotopic (exact) mass is 202 g/mol. The van der Waals surface area contributed by atoms with Crippen LogP contribution in [0.3, 0.4) is 0 Å². The molecular formula is C11H26N2O. The summed E-state index contributed by atoms with van der Waals surface area (Å²) in [6, 6.07) is 0.567. The number of likely N-dealkylation sites (N-methyl/N-ethyl adjacent to an activating group) is 1. The summed E-state index contributed by atoms with van der Waals surface area (Å²) < 4.78 is 5.11.